The van der Waals surface area contributed by atoms with Crippen LogP contribution >= 0.6 is 0 Å². The molecule has 0 saturated heterocycles. The van der Waals surface area contributed by atoms with Crippen LogP contribution in [-0.4, -0.2) is 11.3 Å². The molecule has 0 atom stereocenters. The Kier molecular flexibility index (Phi) is 19.7. The van der Waals surface area contributed by atoms with Gasteiger partial charge in [-0.15, -0.1) is 0 Å². The van der Waals surface area contributed by atoms with E-state index in [9.17, 15) is 0 Å². The first-order valence-corrected chi connectivity index (χ1v) is 0.628. The minimum atomic E-state index is 0. The van der Waals surface area contributed by atoms with Crippen molar-refractivity contribution in [2.24, 2.45) is 5.16 Å². The van der Waals surface area contributed by atoms with Gasteiger partial charge in [-0.25, -0.2) is 4.79 Å². The molecule has 4 nitrogen and oxygen atoms in total. The number of rotatable bonds is 0. The van der Waals surface area contributed by atoms with E-state index in [1.807, 2.05) is 5.16 Å². The molecule has 0 spiro atoms. The summed E-state index contributed by atoms with van der Waals surface area (Å²) in [5.74, 6) is 0. The summed E-state index contributed by atoms with van der Waals surface area (Å²) in [6.45, 7) is 0. The molecule has 4 N–H and O–H groups in total. The van der Waals surface area contributed by atoms with E-state index in [-0.39, 0.29) is 6.15 Å². The van der Waals surface area contributed by atoms with Gasteiger partial charge in [-0.05, 0) is 0 Å². The number of isocyanates is 1. The number of nitrogens with zero attached hydrogens (tertiary/aromatic N) is 1. The monoisotopic (exact) mass is 76.0 g/mol. The molecule has 0 amide bonds. The predicted octanol–water partition coefficient (Wildman–Crippen LogP) is -0.127. The van der Waals surface area contributed by atoms with Gasteiger partial charge in [0.15, 0.2) is 0 Å². The highest BCUT2D eigenvalue weighted by Crippen LogP contribution is 1.26. The molecule has 0 aliphatic rings. The molecule has 0 bridgehead atoms. The molecular formula is CH4N2O2. The molecule has 5 heavy (non-hydrogen) atoms. The lowest BCUT2D eigenvalue weighted by Gasteiger charge is -1.40. The van der Waals surface area contributed by atoms with Crippen molar-refractivity contribution in [1.82, 2.24) is 6.15 Å². The molecule has 30 valence electrons. The van der Waals surface area contributed by atoms with Gasteiger partial charge in [0, 0.05) is 5.16 Å². The first-order valence-electron chi connectivity index (χ1n) is 0.628. The molecule has 0 saturated carbocycles. The molecule has 0 radical (unpaired) electrons. The molecule has 0 heterocycles. The summed E-state index contributed by atoms with van der Waals surface area (Å²) in [7, 11) is 0. The zero-order chi connectivity index (χ0) is 3.41. The fourth-order valence-electron chi connectivity index (χ4n) is 0. The van der Waals surface area contributed by atoms with Crippen LogP contribution in [0.2, 0.25) is 0 Å². The third-order valence-corrected chi connectivity index (χ3v) is 0.0408. The standard InChI is InChI=1S/CHNO2.H3N/c3-1-2-4;/h4H;1H3. The molecule has 0 unspecified atom stereocenters. The van der Waals surface area contributed by atoms with Crippen LogP contribution in [-0.2, 0) is 4.79 Å². The summed E-state index contributed by atoms with van der Waals surface area (Å²) >= 11 is 0. The highest BCUT2D eigenvalue weighted by molar-refractivity contribution is 5.30. The van der Waals surface area contributed by atoms with E-state index in [0.717, 1.165) is 6.08 Å². The fraction of sp³-hybridized carbons (Fsp3) is 0. The minimum absolute atomic E-state index is 0. The second-order valence-corrected chi connectivity index (χ2v) is 0.191. The first-order chi connectivity index (χ1) is 1.91. The van der Waals surface area contributed by atoms with E-state index in [1.165, 1.54) is 0 Å². The molecule has 0 aliphatic carbocycles. The third kappa shape index (κ3) is 208. The minimum Gasteiger partial charge on any atom is -0.401 e. The summed E-state index contributed by atoms with van der Waals surface area (Å²) in [4.78, 5) is 8.63. The van der Waals surface area contributed by atoms with Gasteiger partial charge in [0.1, 0.15) is 0 Å². The van der Waals surface area contributed by atoms with Gasteiger partial charge < -0.3 is 11.4 Å². The van der Waals surface area contributed by atoms with E-state index >= 15 is 0 Å². The van der Waals surface area contributed by atoms with Gasteiger partial charge in [0.2, 0.25) is 0 Å². The average molecular weight is 76.1 g/mol. The zero-order valence-corrected chi connectivity index (χ0v) is 2.51. The molecule has 0 aromatic carbocycles. The van der Waals surface area contributed by atoms with Crippen LogP contribution in [0.5, 0.6) is 0 Å². The lowest BCUT2D eigenvalue weighted by atomic mass is 11.7. The van der Waals surface area contributed by atoms with Crippen LogP contribution in [0.4, 0.5) is 0 Å². The van der Waals surface area contributed by atoms with E-state index in [2.05, 4.69) is 0 Å². The third-order valence-electron chi connectivity index (χ3n) is 0.0408. The number of carbonyl (C=O) groups excluding carboxylic acids is 1. The Morgan fingerprint density at radius 1 is 1.80 bits per heavy atom. The first kappa shape index (κ1) is 8.91. The maximum absolute atomic E-state index is 8.63. The molecule has 0 aromatic rings. The largest absolute Gasteiger partial charge is 0.401 e. The fourth-order valence-corrected chi connectivity index (χ4v) is 0. The molecule has 0 rings (SSSR count). The van der Waals surface area contributed by atoms with Crippen molar-refractivity contribution >= 4 is 6.08 Å². The van der Waals surface area contributed by atoms with Gasteiger partial charge in [0.25, 0.3) is 6.08 Å². The van der Waals surface area contributed by atoms with E-state index in [0.29, 0.717) is 0 Å². The average Bonchev–Trinajstić information content (AvgIpc) is 1.37. The summed E-state index contributed by atoms with van der Waals surface area (Å²) in [6.07, 6.45) is 0.861. The van der Waals surface area contributed by atoms with Gasteiger partial charge in [-0.1, -0.05) is 0 Å². The highest BCUT2D eigenvalue weighted by atomic mass is 16.4. The van der Waals surface area contributed by atoms with Crippen molar-refractivity contribution in [1.29, 1.82) is 0 Å². The van der Waals surface area contributed by atoms with Crippen molar-refractivity contribution in [2.45, 2.75) is 0 Å². The van der Waals surface area contributed by atoms with Crippen molar-refractivity contribution in [3.05, 3.63) is 0 Å². The molecule has 0 fully saturated rings. The summed E-state index contributed by atoms with van der Waals surface area (Å²) in [6, 6.07) is 0. The van der Waals surface area contributed by atoms with Gasteiger partial charge in [0.05, 0.1) is 0 Å². The Hall–Kier alpha value is -0.860. The Morgan fingerprint density at radius 3 is 2.00 bits per heavy atom. The van der Waals surface area contributed by atoms with Crippen LogP contribution in [0.15, 0.2) is 5.16 Å². The number of hydrogen-bond donors (Lipinski definition) is 2. The number of hydrogen-bond acceptors (Lipinski definition) is 4. The Bertz CT molecular complexity index is 45.6. The maximum Gasteiger partial charge on any atom is 0.276 e. The van der Waals surface area contributed by atoms with Crippen molar-refractivity contribution < 1.29 is 10.0 Å². The quantitative estimate of drug-likeness (QED) is 0.182. The molecule has 0 aliphatic heterocycles. The normalized spacial score (nSPS) is 3.20. The Labute approximate surface area is 28.7 Å². The van der Waals surface area contributed by atoms with Gasteiger partial charge in [-0.3, -0.25) is 0 Å². The van der Waals surface area contributed by atoms with Crippen LogP contribution in [0, 0.1) is 0 Å². The second kappa shape index (κ2) is 11.1. The topological polar surface area (TPSA) is 84.7 Å². The Balaban J connectivity index is 0. The van der Waals surface area contributed by atoms with Crippen LogP contribution in [0.1, 0.15) is 0 Å². The second-order valence-electron chi connectivity index (χ2n) is 0.191. The lowest BCUT2D eigenvalue weighted by molar-refractivity contribution is 0.315. The molecule has 0 aromatic heterocycles. The zero-order valence-electron chi connectivity index (χ0n) is 2.51. The summed E-state index contributed by atoms with van der Waals surface area (Å²) < 4.78 is 0. The SMILES string of the molecule is N.O=C=NO. The van der Waals surface area contributed by atoms with Crippen molar-refractivity contribution in [2.75, 3.05) is 0 Å². The molecule has 4 heteroatoms. The van der Waals surface area contributed by atoms with Crippen LogP contribution < -0.4 is 6.15 Å². The van der Waals surface area contributed by atoms with Gasteiger partial charge in [-0.2, -0.15) is 0 Å². The van der Waals surface area contributed by atoms with Crippen LogP contribution in [0.3, 0.4) is 0 Å². The van der Waals surface area contributed by atoms with Crippen LogP contribution in [0.25, 0.3) is 0 Å². The summed E-state index contributed by atoms with van der Waals surface area (Å²) in [5, 5.41) is 9.01. The maximum atomic E-state index is 8.63. The van der Waals surface area contributed by atoms with Crippen molar-refractivity contribution in [3.63, 3.8) is 0 Å². The molecular weight excluding hydrogens is 72.0 g/mol. The predicted molar refractivity (Wildman–Crippen MR) is 14.9 cm³/mol. The summed E-state index contributed by atoms with van der Waals surface area (Å²) in [5.41, 5.74) is 0. The van der Waals surface area contributed by atoms with Gasteiger partial charge >= 0.3 is 0 Å². The smallest absolute Gasteiger partial charge is 0.276 e. The highest BCUT2D eigenvalue weighted by Gasteiger charge is 1.31. The van der Waals surface area contributed by atoms with E-state index < -0.39 is 0 Å². The Morgan fingerprint density at radius 2 is 2.00 bits per heavy atom. The van der Waals surface area contributed by atoms with E-state index in [1.54, 1.807) is 0 Å². The lowest BCUT2D eigenvalue weighted by Crippen LogP contribution is -1.40. The van der Waals surface area contributed by atoms with E-state index in [4.69, 9.17) is 10.0 Å². The van der Waals surface area contributed by atoms with Crippen molar-refractivity contribution in [3.8, 4) is 0 Å².